The van der Waals surface area contributed by atoms with Gasteiger partial charge in [-0.15, -0.1) is 0 Å². The van der Waals surface area contributed by atoms with Crippen molar-refractivity contribution in [3.8, 4) is 11.5 Å². The Hall–Kier alpha value is -2.57. The van der Waals surface area contributed by atoms with Gasteiger partial charge < -0.3 is 19.5 Å². The summed E-state index contributed by atoms with van der Waals surface area (Å²) >= 11 is 0. The molecule has 2 unspecified atom stereocenters. The number of carbonyl (C=O) groups is 1. The number of benzene rings is 2. The lowest BCUT2D eigenvalue weighted by Gasteiger charge is -2.30. The average Bonchev–Trinajstić information content (AvgIpc) is 3.34. The highest BCUT2D eigenvalue weighted by molar-refractivity contribution is 5.94. The maximum absolute atomic E-state index is 12.9. The summed E-state index contributed by atoms with van der Waals surface area (Å²) in [5.74, 6) is 1.40. The second kappa shape index (κ2) is 11.7. The van der Waals surface area contributed by atoms with Gasteiger partial charge in [0.2, 0.25) is 0 Å². The smallest absolute Gasteiger partial charge is 0.251 e. The number of methoxy groups -OCH3 is 1. The molecule has 1 aliphatic heterocycles. The van der Waals surface area contributed by atoms with Crippen molar-refractivity contribution in [3.63, 3.8) is 0 Å². The van der Waals surface area contributed by atoms with Crippen molar-refractivity contribution in [3.05, 3.63) is 59.7 Å². The summed E-state index contributed by atoms with van der Waals surface area (Å²) in [5.41, 5.74) is 1.71. The molecule has 2 aromatic rings. The van der Waals surface area contributed by atoms with Gasteiger partial charge in [0.15, 0.2) is 0 Å². The predicted molar refractivity (Wildman–Crippen MR) is 122 cm³/mol. The Morgan fingerprint density at radius 2 is 1.94 bits per heavy atom. The van der Waals surface area contributed by atoms with Gasteiger partial charge in [-0.1, -0.05) is 32.0 Å². The Labute approximate surface area is 185 Å². The van der Waals surface area contributed by atoms with E-state index in [1.807, 2.05) is 36.4 Å². The lowest BCUT2D eigenvalue weighted by Crippen LogP contribution is -2.38. The van der Waals surface area contributed by atoms with Crippen LogP contribution in [0, 0.1) is 0 Å². The van der Waals surface area contributed by atoms with E-state index in [-0.39, 0.29) is 18.1 Å². The predicted octanol–water partition coefficient (Wildman–Crippen LogP) is 4.07. The fourth-order valence-electron chi connectivity index (χ4n) is 3.95. The Bertz CT molecular complexity index is 832. The second-order valence-electron chi connectivity index (χ2n) is 7.70. The highest BCUT2D eigenvalue weighted by Gasteiger charge is 2.20. The number of nitrogens with one attached hydrogen (secondary N) is 1. The molecule has 0 aromatic heterocycles. The Kier molecular flexibility index (Phi) is 8.74. The van der Waals surface area contributed by atoms with E-state index in [9.17, 15) is 4.79 Å². The van der Waals surface area contributed by atoms with Gasteiger partial charge >= 0.3 is 0 Å². The highest BCUT2D eigenvalue weighted by atomic mass is 16.5. The topological polar surface area (TPSA) is 60.0 Å². The van der Waals surface area contributed by atoms with Gasteiger partial charge in [0, 0.05) is 18.7 Å². The van der Waals surface area contributed by atoms with E-state index < -0.39 is 0 Å². The van der Waals surface area contributed by atoms with Crippen molar-refractivity contribution in [1.82, 2.24) is 10.2 Å². The largest absolute Gasteiger partial charge is 0.497 e. The van der Waals surface area contributed by atoms with Gasteiger partial charge in [0.25, 0.3) is 5.91 Å². The van der Waals surface area contributed by atoms with Crippen LogP contribution in [0.3, 0.4) is 0 Å². The lowest BCUT2D eigenvalue weighted by molar-refractivity contribution is 0.0679. The number of amides is 1. The third kappa shape index (κ3) is 6.45. The first-order chi connectivity index (χ1) is 15.1. The fraction of sp³-hybridized carbons (Fsp3) is 0.480. The summed E-state index contributed by atoms with van der Waals surface area (Å²) in [6.07, 6.45) is 2.25. The van der Waals surface area contributed by atoms with Crippen LogP contribution in [0.5, 0.6) is 11.5 Å². The molecule has 168 valence electrons. The van der Waals surface area contributed by atoms with Gasteiger partial charge in [-0.2, -0.15) is 0 Å². The molecule has 2 aromatic carbocycles. The molecule has 1 amide bonds. The molecule has 0 aliphatic carbocycles. The van der Waals surface area contributed by atoms with E-state index >= 15 is 0 Å². The number of rotatable bonds is 11. The van der Waals surface area contributed by atoms with Crippen LogP contribution in [0.15, 0.2) is 48.5 Å². The zero-order chi connectivity index (χ0) is 22.1. The number of nitrogens with zero attached hydrogens (tertiary/aromatic N) is 1. The molecular formula is C25H34N2O4. The molecule has 6 nitrogen and oxygen atoms in total. The van der Waals surface area contributed by atoms with E-state index in [2.05, 4.69) is 30.1 Å². The molecule has 1 fully saturated rings. The standard InChI is InChI=1S/C25H34N2O4/c1-4-27(5-2)24(19-9-6-11-21(15-19)29-3)17-26-25(28)20-10-7-12-22(16-20)31-18-23-13-8-14-30-23/h6-7,9-12,15-16,23-24H,4-5,8,13-14,17-18H2,1-3H3,(H,26,28). The number of likely N-dealkylation sites (N-methyl/N-ethyl adjacent to an activating group) is 1. The average molecular weight is 427 g/mol. The Morgan fingerprint density at radius 3 is 2.65 bits per heavy atom. The summed E-state index contributed by atoms with van der Waals surface area (Å²) in [5, 5.41) is 3.11. The van der Waals surface area contributed by atoms with Crippen molar-refractivity contribution >= 4 is 5.91 Å². The Balaban J connectivity index is 1.65. The molecule has 0 saturated carbocycles. The number of hydrogen-bond donors (Lipinski definition) is 1. The molecule has 3 rings (SSSR count). The monoisotopic (exact) mass is 426 g/mol. The third-order valence-electron chi connectivity index (χ3n) is 5.74. The minimum Gasteiger partial charge on any atom is -0.497 e. The van der Waals surface area contributed by atoms with Gasteiger partial charge in [-0.25, -0.2) is 0 Å². The maximum atomic E-state index is 12.9. The van der Waals surface area contributed by atoms with E-state index in [4.69, 9.17) is 14.2 Å². The van der Waals surface area contributed by atoms with Gasteiger partial charge in [0.1, 0.15) is 18.1 Å². The summed E-state index contributed by atoms with van der Waals surface area (Å²) in [6, 6.07) is 15.4. The van der Waals surface area contributed by atoms with Crippen LogP contribution >= 0.6 is 0 Å². The highest BCUT2D eigenvalue weighted by Crippen LogP contribution is 2.24. The first-order valence-electron chi connectivity index (χ1n) is 11.1. The van der Waals surface area contributed by atoms with Crippen LogP contribution in [0.2, 0.25) is 0 Å². The van der Waals surface area contributed by atoms with Gasteiger partial charge in [-0.3, -0.25) is 9.69 Å². The molecule has 31 heavy (non-hydrogen) atoms. The first-order valence-corrected chi connectivity index (χ1v) is 11.1. The zero-order valence-electron chi connectivity index (χ0n) is 18.8. The molecular weight excluding hydrogens is 392 g/mol. The van der Waals surface area contributed by atoms with Gasteiger partial charge in [0.05, 0.1) is 19.3 Å². The maximum Gasteiger partial charge on any atom is 0.251 e. The van der Waals surface area contributed by atoms with Crippen LogP contribution in [0.1, 0.15) is 48.7 Å². The fourth-order valence-corrected chi connectivity index (χ4v) is 3.95. The molecule has 6 heteroatoms. The third-order valence-corrected chi connectivity index (χ3v) is 5.74. The zero-order valence-corrected chi connectivity index (χ0v) is 18.8. The van der Waals surface area contributed by atoms with Crippen LogP contribution in [-0.2, 0) is 4.74 Å². The summed E-state index contributed by atoms with van der Waals surface area (Å²) in [6.45, 7) is 7.87. The number of carbonyl (C=O) groups excluding carboxylic acids is 1. The summed E-state index contributed by atoms with van der Waals surface area (Å²) in [7, 11) is 1.67. The lowest BCUT2D eigenvalue weighted by atomic mass is 10.0. The number of hydrogen-bond acceptors (Lipinski definition) is 5. The van der Waals surface area contributed by atoms with Crippen molar-refractivity contribution in [2.75, 3.05) is 40.0 Å². The minimum absolute atomic E-state index is 0.0630. The van der Waals surface area contributed by atoms with Crippen molar-refractivity contribution in [2.24, 2.45) is 0 Å². The van der Waals surface area contributed by atoms with Crippen molar-refractivity contribution < 1.29 is 19.0 Å². The molecule has 1 aliphatic rings. The first kappa shape index (κ1) is 23.1. The summed E-state index contributed by atoms with van der Waals surface area (Å²) in [4.78, 5) is 15.2. The molecule has 1 saturated heterocycles. The Morgan fingerprint density at radius 1 is 1.16 bits per heavy atom. The molecule has 0 spiro atoms. The van der Waals surface area contributed by atoms with Crippen molar-refractivity contribution in [1.29, 1.82) is 0 Å². The summed E-state index contributed by atoms with van der Waals surface area (Å²) < 4.78 is 16.8. The minimum atomic E-state index is -0.109. The van der Waals surface area contributed by atoms with Crippen LogP contribution in [0.4, 0.5) is 0 Å². The second-order valence-corrected chi connectivity index (χ2v) is 7.70. The quantitative estimate of drug-likeness (QED) is 0.587. The van der Waals surface area contributed by atoms with Crippen molar-refractivity contribution in [2.45, 2.75) is 38.8 Å². The number of ether oxygens (including phenoxy) is 3. The molecule has 1 N–H and O–H groups in total. The molecule has 2 atom stereocenters. The van der Waals surface area contributed by atoms with Gasteiger partial charge in [-0.05, 0) is 61.8 Å². The molecule has 0 bridgehead atoms. The van der Waals surface area contributed by atoms with Crippen LogP contribution in [0.25, 0.3) is 0 Å². The molecule has 1 heterocycles. The van der Waals surface area contributed by atoms with E-state index in [0.717, 1.165) is 43.9 Å². The van der Waals surface area contributed by atoms with Crippen LogP contribution in [-0.4, -0.2) is 56.9 Å². The SMILES string of the molecule is CCN(CC)C(CNC(=O)c1cccc(OCC2CCCO2)c1)c1cccc(OC)c1. The van der Waals surface area contributed by atoms with E-state index in [0.29, 0.717) is 24.5 Å². The molecule has 0 radical (unpaired) electrons. The van der Waals surface area contributed by atoms with E-state index in [1.54, 1.807) is 13.2 Å². The normalized spacial score (nSPS) is 16.8. The van der Waals surface area contributed by atoms with Crippen LogP contribution < -0.4 is 14.8 Å². The van der Waals surface area contributed by atoms with E-state index in [1.165, 1.54) is 0 Å².